The molecule has 0 spiro atoms. The van der Waals surface area contributed by atoms with E-state index in [-0.39, 0.29) is 23.8 Å². The van der Waals surface area contributed by atoms with Crippen LogP contribution >= 0.6 is 0 Å². The Balaban J connectivity index is 2.03. The van der Waals surface area contributed by atoms with Gasteiger partial charge >= 0.3 is 0 Å². The van der Waals surface area contributed by atoms with E-state index in [1.165, 1.54) is 6.92 Å². The normalized spacial score (nSPS) is 23.4. The lowest BCUT2D eigenvalue weighted by atomic mass is 9.95. The van der Waals surface area contributed by atoms with Crippen LogP contribution in [-0.2, 0) is 9.59 Å². The molecule has 0 saturated carbocycles. The van der Waals surface area contributed by atoms with Crippen LogP contribution in [-0.4, -0.2) is 41.9 Å². The summed E-state index contributed by atoms with van der Waals surface area (Å²) < 4.78 is 0. The van der Waals surface area contributed by atoms with Crippen molar-refractivity contribution in [3.63, 3.8) is 0 Å². The zero-order valence-electron chi connectivity index (χ0n) is 11.9. The van der Waals surface area contributed by atoms with E-state index in [1.54, 1.807) is 11.8 Å². The minimum absolute atomic E-state index is 0.0640. The van der Waals surface area contributed by atoms with Gasteiger partial charge in [-0.1, -0.05) is 30.3 Å². The monoisotopic (exact) mass is 275 g/mol. The number of nitrogens with two attached hydrogens (primary N) is 1. The Bertz CT molecular complexity index is 489. The Morgan fingerprint density at radius 2 is 1.95 bits per heavy atom. The van der Waals surface area contributed by atoms with Crippen molar-refractivity contribution in [3.8, 4) is 0 Å². The van der Waals surface area contributed by atoms with Crippen LogP contribution in [0.25, 0.3) is 0 Å². The number of hydrogen-bond acceptors (Lipinski definition) is 3. The molecule has 3 atom stereocenters. The van der Waals surface area contributed by atoms with E-state index in [1.807, 2.05) is 30.3 Å². The first-order valence-electron chi connectivity index (χ1n) is 6.85. The highest BCUT2D eigenvalue weighted by atomic mass is 16.2. The van der Waals surface area contributed by atoms with Crippen LogP contribution in [0.4, 0.5) is 0 Å². The quantitative estimate of drug-likeness (QED) is 0.841. The molecule has 2 amide bonds. The molecule has 1 unspecified atom stereocenters. The Kier molecular flexibility index (Phi) is 4.39. The minimum atomic E-state index is -0.505. The maximum absolute atomic E-state index is 12.3. The van der Waals surface area contributed by atoms with Crippen LogP contribution in [0, 0.1) is 0 Å². The molecular weight excluding hydrogens is 254 g/mol. The zero-order valence-corrected chi connectivity index (χ0v) is 11.9. The third-order valence-corrected chi connectivity index (χ3v) is 3.69. The maximum atomic E-state index is 12.3. The summed E-state index contributed by atoms with van der Waals surface area (Å²) >= 11 is 0. The predicted molar refractivity (Wildman–Crippen MR) is 77.0 cm³/mol. The molecule has 108 valence electrons. The van der Waals surface area contributed by atoms with Gasteiger partial charge in [-0.3, -0.25) is 9.59 Å². The summed E-state index contributed by atoms with van der Waals surface area (Å²) in [5, 5.41) is 2.62. The minimum Gasteiger partial charge on any atom is -0.345 e. The Morgan fingerprint density at radius 3 is 2.55 bits per heavy atom. The van der Waals surface area contributed by atoms with Crippen molar-refractivity contribution in [2.75, 3.05) is 13.1 Å². The largest absolute Gasteiger partial charge is 0.345 e. The second kappa shape index (κ2) is 6.05. The van der Waals surface area contributed by atoms with E-state index in [0.717, 1.165) is 5.56 Å². The van der Waals surface area contributed by atoms with Crippen LogP contribution in [0.15, 0.2) is 30.3 Å². The summed E-state index contributed by atoms with van der Waals surface area (Å²) in [6.45, 7) is 4.24. The second-order valence-electron chi connectivity index (χ2n) is 5.35. The molecule has 20 heavy (non-hydrogen) atoms. The highest BCUT2D eigenvalue weighted by Crippen LogP contribution is 2.26. The third-order valence-electron chi connectivity index (χ3n) is 3.69. The van der Waals surface area contributed by atoms with Gasteiger partial charge in [-0.25, -0.2) is 0 Å². The molecule has 1 fully saturated rings. The van der Waals surface area contributed by atoms with Crippen LogP contribution in [0.5, 0.6) is 0 Å². The first-order chi connectivity index (χ1) is 9.49. The molecule has 1 heterocycles. The van der Waals surface area contributed by atoms with Crippen LogP contribution in [0.2, 0.25) is 0 Å². The van der Waals surface area contributed by atoms with Crippen molar-refractivity contribution < 1.29 is 9.59 Å². The fourth-order valence-electron chi connectivity index (χ4n) is 2.70. The molecule has 1 aromatic carbocycles. The highest BCUT2D eigenvalue weighted by Gasteiger charge is 2.35. The van der Waals surface area contributed by atoms with Gasteiger partial charge in [-0.05, 0) is 12.5 Å². The van der Waals surface area contributed by atoms with Crippen molar-refractivity contribution >= 4 is 11.8 Å². The second-order valence-corrected chi connectivity index (χ2v) is 5.35. The molecule has 0 aliphatic carbocycles. The van der Waals surface area contributed by atoms with Gasteiger partial charge in [0.1, 0.15) is 6.04 Å². The van der Waals surface area contributed by atoms with E-state index in [0.29, 0.717) is 13.1 Å². The van der Waals surface area contributed by atoms with Gasteiger partial charge in [-0.15, -0.1) is 0 Å². The molecule has 5 nitrogen and oxygen atoms in total. The average molecular weight is 275 g/mol. The lowest BCUT2D eigenvalue weighted by Crippen LogP contribution is -2.46. The summed E-state index contributed by atoms with van der Waals surface area (Å²) in [6, 6.07) is 9.43. The third kappa shape index (κ3) is 3.17. The van der Waals surface area contributed by atoms with E-state index in [4.69, 9.17) is 5.73 Å². The molecule has 1 aromatic rings. The molecule has 1 aliphatic rings. The van der Waals surface area contributed by atoms with Crippen molar-refractivity contribution in [2.24, 2.45) is 5.73 Å². The number of nitrogens with zero attached hydrogens (tertiary/aromatic N) is 1. The molecule has 3 N–H and O–H groups in total. The molecule has 0 aromatic heterocycles. The molecule has 1 saturated heterocycles. The summed E-state index contributed by atoms with van der Waals surface area (Å²) in [5.41, 5.74) is 7.31. The van der Waals surface area contributed by atoms with E-state index in [9.17, 15) is 9.59 Å². The smallest absolute Gasteiger partial charge is 0.244 e. The Morgan fingerprint density at radius 1 is 1.30 bits per heavy atom. The van der Waals surface area contributed by atoms with E-state index in [2.05, 4.69) is 5.32 Å². The number of benzene rings is 1. The van der Waals surface area contributed by atoms with E-state index < -0.39 is 6.04 Å². The molecule has 1 aliphatic heterocycles. The fourth-order valence-corrected chi connectivity index (χ4v) is 2.70. The summed E-state index contributed by atoms with van der Waals surface area (Å²) in [7, 11) is 0. The van der Waals surface area contributed by atoms with Gasteiger partial charge in [0.15, 0.2) is 0 Å². The Hall–Kier alpha value is -1.88. The van der Waals surface area contributed by atoms with Crippen molar-refractivity contribution in [1.29, 1.82) is 0 Å². The topological polar surface area (TPSA) is 75.4 Å². The van der Waals surface area contributed by atoms with Gasteiger partial charge in [0.05, 0.1) is 0 Å². The number of amides is 2. The molecule has 2 rings (SSSR count). The van der Waals surface area contributed by atoms with Gasteiger partial charge in [-0.2, -0.15) is 0 Å². The molecule has 0 radical (unpaired) electrons. The maximum Gasteiger partial charge on any atom is 0.244 e. The highest BCUT2D eigenvalue weighted by molar-refractivity contribution is 5.86. The number of likely N-dealkylation sites (tertiary alicyclic amines) is 1. The Labute approximate surface area is 119 Å². The number of hydrogen-bond donors (Lipinski definition) is 2. The van der Waals surface area contributed by atoms with Gasteiger partial charge in [0.25, 0.3) is 0 Å². The van der Waals surface area contributed by atoms with E-state index >= 15 is 0 Å². The molecule has 0 bridgehead atoms. The summed E-state index contributed by atoms with van der Waals surface area (Å²) in [6.07, 6.45) is 0. The number of carbonyl (C=O) groups excluding carboxylic acids is 2. The molecular formula is C15H21N3O2. The van der Waals surface area contributed by atoms with Crippen molar-refractivity contribution in [1.82, 2.24) is 10.2 Å². The van der Waals surface area contributed by atoms with Gasteiger partial charge in [0.2, 0.25) is 11.8 Å². The fraction of sp³-hybridized carbons (Fsp3) is 0.467. The number of rotatable bonds is 3. The van der Waals surface area contributed by atoms with Crippen molar-refractivity contribution in [3.05, 3.63) is 35.9 Å². The number of carbonyl (C=O) groups is 2. The predicted octanol–water partition coefficient (Wildman–Crippen LogP) is 0.464. The first-order valence-corrected chi connectivity index (χ1v) is 6.85. The standard InChI is InChI=1S/C15H21N3O2/c1-10(17-11(2)19)15(20)18-8-13(14(16)9-18)12-6-4-3-5-7-12/h3-7,10,13-14H,8-9,16H2,1-2H3,(H,17,19)/t10?,13-,14+/m0/s1. The zero-order chi connectivity index (χ0) is 14.7. The summed E-state index contributed by atoms with van der Waals surface area (Å²) in [5.74, 6) is -0.118. The molecule has 5 heteroatoms. The number of nitrogens with one attached hydrogen (secondary N) is 1. The summed E-state index contributed by atoms with van der Waals surface area (Å²) in [4.78, 5) is 25.0. The van der Waals surface area contributed by atoms with Gasteiger partial charge < -0.3 is 16.0 Å². The van der Waals surface area contributed by atoms with Crippen LogP contribution < -0.4 is 11.1 Å². The van der Waals surface area contributed by atoms with Crippen molar-refractivity contribution in [2.45, 2.75) is 31.8 Å². The van der Waals surface area contributed by atoms with Crippen LogP contribution in [0.3, 0.4) is 0 Å². The van der Waals surface area contributed by atoms with Crippen LogP contribution in [0.1, 0.15) is 25.3 Å². The first kappa shape index (κ1) is 14.5. The SMILES string of the molecule is CC(=O)NC(C)C(=O)N1C[C@@H](N)[C@H](c2ccccc2)C1. The van der Waals surface area contributed by atoms with Gasteiger partial charge in [0, 0.05) is 32.0 Å². The lowest BCUT2D eigenvalue weighted by molar-refractivity contribution is -0.134. The lowest BCUT2D eigenvalue weighted by Gasteiger charge is -2.21. The average Bonchev–Trinajstić information content (AvgIpc) is 2.80.